The maximum atomic E-state index is 13.8. The van der Waals surface area contributed by atoms with Gasteiger partial charge in [0.25, 0.3) is 0 Å². The summed E-state index contributed by atoms with van der Waals surface area (Å²) >= 11 is 0. The van der Waals surface area contributed by atoms with Crippen LogP contribution in [-0.4, -0.2) is 17.1 Å². The van der Waals surface area contributed by atoms with Gasteiger partial charge in [0.15, 0.2) is 0 Å². The molecule has 168 valence electrons. The minimum absolute atomic E-state index is 0.0600. The average molecular weight is 442 g/mol. The molecule has 0 aliphatic carbocycles. The number of hydrogen-bond acceptors (Lipinski definition) is 2. The van der Waals surface area contributed by atoms with Crippen molar-refractivity contribution in [3.8, 4) is 22.4 Å². The molecule has 0 unspecified atom stereocenters. The summed E-state index contributed by atoms with van der Waals surface area (Å²) in [4.78, 5) is 13.4. The Morgan fingerprint density at radius 2 is 1.48 bits per heavy atom. The Balaban J connectivity index is 2.11. The first-order valence-corrected chi connectivity index (χ1v) is 11.3. The van der Waals surface area contributed by atoms with Crippen molar-refractivity contribution in [2.45, 2.75) is 33.2 Å². The van der Waals surface area contributed by atoms with Gasteiger partial charge in [-0.3, -0.25) is 0 Å². The van der Waals surface area contributed by atoms with E-state index >= 15 is 0 Å². The van der Waals surface area contributed by atoms with Crippen molar-refractivity contribution in [3.05, 3.63) is 108 Å². The number of hydrogen-bond donors (Lipinski definition) is 0. The summed E-state index contributed by atoms with van der Waals surface area (Å²) < 4.78 is 21.6. The van der Waals surface area contributed by atoms with Gasteiger partial charge in [-0.15, -0.1) is 0 Å². The number of halogens is 1. The first-order chi connectivity index (χ1) is 16.0. The summed E-state index contributed by atoms with van der Waals surface area (Å²) in [5.74, 6) is -0.573. The molecule has 0 saturated carbocycles. The Labute approximate surface area is 194 Å². The van der Waals surface area contributed by atoms with E-state index in [2.05, 4.69) is 30.5 Å². The molecular weight excluding hydrogens is 413 g/mol. The molecule has 1 heterocycles. The zero-order valence-corrected chi connectivity index (χ0v) is 19.2. The van der Waals surface area contributed by atoms with Crippen LogP contribution in [0.5, 0.6) is 0 Å². The monoisotopic (exact) mass is 441 g/mol. The molecule has 4 aromatic rings. The molecule has 0 atom stereocenters. The van der Waals surface area contributed by atoms with Gasteiger partial charge in [0, 0.05) is 17.8 Å². The Kier molecular flexibility index (Phi) is 6.74. The lowest BCUT2D eigenvalue weighted by atomic mass is 9.95. The maximum absolute atomic E-state index is 13.8. The molecule has 3 aromatic carbocycles. The van der Waals surface area contributed by atoms with E-state index in [4.69, 9.17) is 4.74 Å². The normalized spacial score (nSPS) is 11.1. The predicted molar refractivity (Wildman–Crippen MR) is 131 cm³/mol. The van der Waals surface area contributed by atoms with E-state index in [-0.39, 0.29) is 17.7 Å². The van der Waals surface area contributed by atoms with Crippen LogP contribution in [0.1, 0.15) is 48.3 Å². The molecule has 4 rings (SSSR count). The first kappa shape index (κ1) is 22.5. The lowest BCUT2D eigenvalue weighted by Gasteiger charge is -2.17. The fraction of sp³-hybridized carbons (Fsp3) is 0.207. The third-order valence-corrected chi connectivity index (χ3v) is 5.69. The second-order valence-corrected chi connectivity index (χ2v) is 8.30. The van der Waals surface area contributed by atoms with Crippen molar-refractivity contribution < 1.29 is 13.9 Å². The van der Waals surface area contributed by atoms with Gasteiger partial charge in [-0.2, -0.15) is 0 Å². The molecule has 33 heavy (non-hydrogen) atoms. The molecule has 3 nitrogen and oxygen atoms in total. The Morgan fingerprint density at radius 1 is 0.879 bits per heavy atom. The molecule has 0 fully saturated rings. The number of benzene rings is 3. The van der Waals surface area contributed by atoms with Gasteiger partial charge in [0.1, 0.15) is 5.82 Å². The summed E-state index contributed by atoms with van der Waals surface area (Å²) in [7, 11) is 0. The van der Waals surface area contributed by atoms with E-state index in [1.165, 1.54) is 12.1 Å². The van der Waals surface area contributed by atoms with E-state index < -0.39 is 0 Å². The summed E-state index contributed by atoms with van der Waals surface area (Å²) in [6, 6.07) is 26.5. The van der Waals surface area contributed by atoms with Gasteiger partial charge in [0.05, 0.1) is 17.9 Å². The van der Waals surface area contributed by atoms with Crippen LogP contribution in [0.25, 0.3) is 22.4 Å². The molecule has 0 saturated heterocycles. The van der Waals surface area contributed by atoms with Gasteiger partial charge >= 0.3 is 5.97 Å². The van der Waals surface area contributed by atoms with Gasteiger partial charge in [0.2, 0.25) is 0 Å². The van der Waals surface area contributed by atoms with Crippen LogP contribution >= 0.6 is 0 Å². The zero-order chi connectivity index (χ0) is 23.4. The lowest BCUT2D eigenvalue weighted by Crippen LogP contribution is -2.12. The molecular formula is C29H28FNO2. The third-order valence-electron chi connectivity index (χ3n) is 5.69. The van der Waals surface area contributed by atoms with E-state index in [9.17, 15) is 9.18 Å². The summed E-state index contributed by atoms with van der Waals surface area (Å²) in [6.07, 6.45) is 0. The number of carbonyl (C=O) groups excluding carboxylic acids is 1. The Morgan fingerprint density at radius 3 is 2.06 bits per heavy atom. The summed E-state index contributed by atoms with van der Waals surface area (Å²) in [6.45, 7) is 6.86. The molecule has 0 aliphatic rings. The largest absolute Gasteiger partial charge is 0.462 e. The van der Waals surface area contributed by atoms with Gasteiger partial charge < -0.3 is 9.30 Å². The topological polar surface area (TPSA) is 31.2 Å². The lowest BCUT2D eigenvalue weighted by molar-refractivity contribution is 0.0525. The van der Waals surface area contributed by atoms with Crippen LogP contribution in [0.2, 0.25) is 0 Å². The van der Waals surface area contributed by atoms with Crippen LogP contribution in [0, 0.1) is 5.82 Å². The van der Waals surface area contributed by atoms with E-state index in [1.807, 2.05) is 55.5 Å². The van der Waals surface area contributed by atoms with Gasteiger partial charge in [-0.1, -0.05) is 74.5 Å². The molecule has 0 spiro atoms. The van der Waals surface area contributed by atoms with Crippen molar-refractivity contribution in [2.24, 2.45) is 0 Å². The van der Waals surface area contributed by atoms with Crippen LogP contribution in [0.4, 0.5) is 4.39 Å². The Bertz CT molecular complexity index is 1230. The molecule has 0 radical (unpaired) electrons. The van der Waals surface area contributed by atoms with Gasteiger partial charge in [-0.25, -0.2) is 9.18 Å². The summed E-state index contributed by atoms with van der Waals surface area (Å²) in [5, 5.41) is 0. The minimum Gasteiger partial charge on any atom is -0.462 e. The quantitative estimate of drug-likeness (QED) is 0.282. The highest BCUT2D eigenvalue weighted by Gasteiger charge is 2.31. The van der Waals surface area contributed by atoms with Crippen LogP contribution in [0.15, 0.2) is 84.9 Å². The minimum atomic E-state index is -0.338. The zero-order valence-electron chi connectivity index (χ0n) is 19.2. The third kappa shape index (κ3) is 4.61. The maximum Gasteiger partial charge on any atom is 0.340 e. The fourth-order valence-electron chi connectivity index (χ4n) is 4.37. The van der Waals surface area contributed by atoms with Crippen LogP contribution < -0.4 is 0 Å². The second-order valence-electron chi connectivity index (χ2n) is 8.30. The average Bonchev–Trinajstić information content (AvgIpc) is 3.16. The molecule has 0 amide bonds. The number of nitrogens with zero attached hydrogens (tertiary/aromatic N) is 1. The number of ether oxygens (including phenoxy) is 1. The molecule has 1 aromatic heterocycles. The molecule has 0 bridgehead atoms. The number of esters is 1. The number of aromatic nitrogens is 1. The number of carbonyl (C=O) groups is 1. The van der Waals surface area contributed by atoms with Crippen molar-refractivity contribution in [1.82, 2.24) is 4.57 Å². The van der Waals surface area contributed by atoms with E-state index in [0.717, 1.165) is 33.6 Å². The SMILES string of the molecule is CCOC(=O)c1c(-c2ccccc2)c(-c2ccc(F)cc2)n(Cc2ccccc2)c1C(C)C. The van der Waals surface area contributed by atoms with Crippen LogP contribution in [-0.2, 0) is 11.3 Å². The highest BCUT2D eigenvalue weighted by Crippen LogP contribution is 2.42. The first-order valence-electron chi connectivity index (χ1n) is 11.3. The predicted octanol–water partition coefficient (Wildman–Crippen LogP) is 7.31. The van der Waals surface area contributed by atoms with Crippen LogP contribution in [0.3, 0.4) is 0 Å². The summed E-state index contributed by atoms with van der Waals surface area (Å²) in [5.41, 5.74) is 6.09. The molecule has 0 aliphatic heterocycles. The van der Waals surface area contributed by atoms with E-state index in [0.29, 0.717) is 18.7 Å². The van der Waals surface area contributed by atoms with Gasteiger partial charge in [-0.05, 0) is 53.8 Å². The smallest absolute Gasteiger partial charge is 0.340 e. The molecule has 0 N–H and O–H groups in total. The highest BCUT2D eigenvalue weighted by molar-refractivity contribution is 6.04. The fourth-order valence-corrected chi connectivity index (χ4v) is 4.37. The van der Waals surface area contributed by atoms with E-state index in [1.54, 1.807) is 12.1 Å². The van der Waals surface area contributed by atoms with Crippen molar-refractivity contribution in [2.75, 3.05) is 6.61 Å². The second kappa shape index (κ2) is 9.86. The van der Waals surface area contributed by atoms with Crippen molar-refractivity contribution in [1.29, 1.82) is 0 Å². The number of rotatable bonds is 7. The highest BCUT2D eigenvalue weighted by atomic mass is 19.1. The Hall–Kier alpha value is -3.66. The van der Waals surface area contributed by atoms with Crippen molar-refractivity contribution in [3.63, 3.8) is 0 Å². The van der Waals surface area contributed by atoms with Crippen molar-refractivity contribution >= 4 is 5.97 Å². The molecule has 4 heteroatoms. The standard InChI is InChI=1S/C29H28FNO2/c1-4-33-29(32)26-25(22-13-9-6-10-14-22)28(23-15-17-24(30)18-16-23)31(27(26)20(2)3)19-21-11-7-5-8-12-21/h5-18,20H,4,19H2,1-3H3.